The van der Waals surface area contributed by atoms with Crippen LogP contribution in [0.25, 0.3) is 0 Å². The van der Waals surface area contributed by atoms with Gasteiger partial charge in [-0.2, -0.15) is 0 Å². The molecule has 2 N–H and O–H groups in total. The fraction of sp³-hybridized carbons (Fsp3) is 0.385. The zero-order valence-corrected chi connectivity index (χ0v) is 10.8. The lowest BCUT2D eigenvalue weighted by atomic mass is 10.1. The number of aryl methyl sites for hydroxylation is 1. The van der Waals surface area contributed by atoms with E-state index in [1.807, 2.05) is 31.2 Å². The number of hydrogen-bond donors (Lipinski definition) is 2. The van der Waals surface area contributed by atoms with Crippen LogP contribution in [0.5, 0.6) is 0 Å². The van der Waals surface area contributed by atoms with Crippen molar-refractivity contribution in [1.82, 2.24) is 10.6 Å². The van der Waals surface area contributed by atoms with Gasteiger partial charge in [-0.1, -0.05) is 29.8 Å². The summed E-state index contributed by atoms with van der Waals surface area (Å²) in [6.45, 7) is 3.99. The fourth-order valence-electron chi connectivity index (χ4n) is 1.37. The van der Waals surface area contributed by atoms with Gasteiger partial charge in [0.1, 0.15) is 6.04 Å². The van der Waals surface area contributed by atoms with Crippen molar-refractivity contribution < 1.29 is 14.3 Å². The van der Waals surface area contributed by atoms with Crippen molar-refractivity contribution in [1.29, 1.82) is 0 Å². The van der Waals surface area contributed by atoms with Crippen LogP contribution in [0.4, 0.5) is 4.79 Å². The summed E-state index contributed by atoms with van der Waals surface area (Å²) in [7, 11) is 1.28. The van der Waals surface area contributed by atoms with Crippen LogP contribution in [-0.2, 0) is 16.1 Å². The van der Waals surface area contributed by atoms with Crippen LogP contribution in [-0.4, -0.2) is 25.2 Å². The van der Waals surface area contributed by atoms with Crippen molar-refractivity contribution in [3.05, 3.63) is 35.4 Å². The summed E-state index contributed by atoms with van der Waals surface area (Å²) in [4.78, 5) is 22.6. The molecule has 0 heterocycles. The molecule has 1 rings (SSSR count). The lowest BCUT2D eigenvalue weighted by Crippen LogP contribution is -2.44. The van der Waals surface area contributed by atoms with E-state index in [1.54, 1.807) is 6.92 Å². The standard InChI is InChI=1S/C13H18N2O3/c1-9-4-6-11(7-5-9)8-14-13(17)15-10(2)12(16)18-3/h4-7,10H,8H2,1-3H3,(H2,14,15,17)/t10-/m0/s1. The van der Waals surface area contributed by atoms with Gasteiger partial charge < -0.3 is 15.4 Å². The van der Waals surface area contributed by atoms with Gasteiger partial charge in [-0.05, 0) is 19.4 Å². The van der Waals surface area contributed by atoms with Crippen LogP contribution < -0.4 is 10.6 Å². The first kappa shape index (κ1) is 14.0. The largest absolute Gasteiger partial charge is 0.467 e. The number of amides is 2. The number of benzene rings is 1. The number of ether oxygens (including phenoxy) is 1. The molecule has 0 aliphatic carbocycles. The predicted octanol–water partition coefficient (Wildman–Crippen LogP) is 1.36. The molecule has 0 aromatic heterocycles. The summed E-state index contributed by atoms with van der Waals surface area (Å²) >= 11 is 0. The molecular weight excluding hydrogens is 232 g/mol. The molecule has 0 bridgehead atoms. The molecule has 0 spiro atoms. The third-order valence-corrected chi connectivity index (χ3v) is 2.48. The quantitative estimate of drug-likeness (QED) is 0.793. The van der Waals surface area contributed by atoms with E-state index in [9.17, 15) is 9.59 Å². The summed E-state index contributed by atoms with van der Waals surface area (Å²) in [5, 5.41) is 5.16. The van der Waals surface area contributed by atoms with Gasteiger partial charge in [0.05, 0.1) is 7.11 Å². The molecule has 98 valence electrons. The molecule has 0 unspecified atom stereocenters. The number of carbonyl (C=O) groups excluding carboxylic acids is 2. The van der Waals surface area contributed by atoms with Crippen LogP contribution in [0, 0.1) is 6.92 Å². The SMILES string of the molecule is COC(=O)[C@H](C)NC(=O)NCc1ccc(C)cc1. The maximum absolute atomic E-state index is 11.5. The molecule has 1 aromatic carbocycles. The molecular formula is C13H18N2O3. The van der Waals surface area contributed by atoms with Gasteiger partial charge in [0.2, 0.25) is 0 Å². The van der Waals surface area contributed by atoms with Crippen LogP contribution >= 0.6 is 0 Å². The monoisotopic (exact) mass is 250 g/mol. The van der Waals surface area contributed by atoms with Gasteiger partial charge >= 0.3 is 12.0 Å². The second-order valence-electron chi connectivity index (χ2n) is 4.06. The molecule has 1 atom stereocenters. The van der Waals surface area contributed by atoms with Crippen molar-refractivity contribution in [2.24, 2.45) is 0 Å². The first-order valence-corrected chi connectivity index (χ1v) is 5.70. The van der Waals surface area contributed by atoms with Crippen molar-refractivity contribution in [3.63, 3.8) is 0 Å². The minimum atomic E-state index is -0.659. The molecule has 0 aliphatic heterocycles. The Morgan fingerprint density at radius 2 is 1.89 bits per heavy atom. The smallest absolute Gasteiger partial charge is 0.328 e. The predicted molar refractivity (Wildman–Crippen MR) is 68.0 cm³/mol. The number of carbonyl (C=O) groups is 2. The normalized spacial score (nSPS) is 11.5. The lowest BCUT2D eigenvalue weighted by molar-refractivity contribution is -0.142. The minimum absolute atomic E-state index is 0.395. The number of methoxy groups -OCH3 is 1. The minimum Gasteiger partial charge on any atom is -0.467 e. The molecule has 5 heteroatoms. The highest BCUT2D eigenvalue weighted by Gasteiger charge is 2.15. The van der Waals surface area contributed by atoms with Crippen molar-refractivity contribution in [3.8, 4) is 0 Å². The molecule has 0 aliphatic rings. The Morgan fingerprint density at radius 3 is 2.44 bits per heavy atom. The first-order valence-electron chi connectivity index (χ1n) is 5.70. The zero-order valence-electron chi connectivity index (χ0n) is 10.8. The van der Waals surface area contributed by atoms with E-state index in [0.717, 1.165) is 5.56 Å². The van der Waals surface area contributed by atoms with E-state index in [1.165, 1.54) is 12.7 Å². The van der Waals surface area contributed by atoms with E-state index >= 15 is 0 Å². The Kier molecular flexibility index (Phi) is 5.17. The van der Waals surface area contributed by atoms with Crippen molar-refractivity contribution in [2.75, 3.05) is 7.11 Å². The van der Waals surface area contributed by atoms with Crippen molar-refractivity contribution in [2.45, 2.75) is 26.4 Å². The summed E-state index contributed by atoms with van der Waals surface area (Å²) in [5.41, 5.74) is 2.17. The van der Waals surface area contributed by atoms with E-state index < -0.39 is 18.0 Å². The van der Waals surface area contributed by atoms with Crippen LogP contribution in [0.3, 0.4) is 0 Å². The van der Waals surface area contributed by atoms with E-state index in [0.29, 0.717) is 6.54 Å². The molecule has 0 saturated carbocycles. The Labute approximate surface area is 107 Å². The second kappa shape index (κ2) is 6.64. The molecule has 2 amide bonds. The van der Waals surface area contributed by atoms with Crippen molar-refractivity contribution >= 4 is 12.0 Å². The highest BCUT2D eigenvalue weighted by Crippen LogP contribution is 2.02. The number of rotatable bonds is 4. The number of esters is 1. The summed E-state index contributed by atoms with van der Waals surface area (Å²) in [5.74, 6) is -0.472. The molecule has 0 fully saturated rings. The molecule has 18 heavy (non-hydrogen) atoms. The van der Waals surface area contributed by atoms with Gasteiger partial charge in [-0.15, -0.1) is 0 Å². The average molecular weight is 250 g/mol. The Bertz CT molecular complexity index is 415. The van der Waals surface area contributed by atoms with Gasteiger partial charge in [0, 0.05) is 6.54 Å². The highest BCUT2D eigenvalue weighted by atomic mass is 16.5. The van der Waals surface area contributed by atoms with Crippen LogP contribution in [0.15, 0.2) is 24.3 Å². The maximum atomic E-state index is 11.5. The fourth-order valence-corrected chi connectivity index (χ4v) is 1.37. The lowest BCUT2D eigenvalue weighted by Gasteiger charge is -2.12. The third-order valence-electron chi connectivity index (χ3n) is 2.48. The number of nitrogens with one attached hydrogen (secondary N) is 2. The second-order valence-corrected chi connectivity index (χ2v) is 4.06. The average Bonchev–Trinajstić information content (AvgIpc) is 2.37. The topological polar surface area (TPSA) is 67.4 Å². The van der Waals surface area contributed by atoms with Crippen LogP contribution in [0.1, 0.15) is 18.1 Å². The Balaban J connectivity index is 2.37. The van der Waals surface area contributed by atoms with Crippen LogP contribution in [0.2, 0.25) is 0 Å². The zero-order chi connectivity index (χ0) is 13.5. The Morgan fingerprint density at radius 1 is 1.28 bits per heavy atom. The molecule has 1 aromatic rings. The molecule has 5 nitrogen and oxygen atoms in total. The number of hydrogen-bond acceptors (Lipinski definition) is 3. The van der Waals surface area contributed by atoms with E-state index in [4.69, 9.17) is 0 Å². The maximum Gasteiger partial charge on any atom is 0.328 e. The molecule has 0 radical (unpaired) electrons. The Hall–Kier alpha value is -2.04. The van der Waals surface area contributed by atoms with E-state index in [2.05, 4.69) is 15.4 Å². The van der Waals surface area contributed by atoms with Gasteiger partial charge in [0.15, 0.2) is 0 Å². The van der Waals surface area contributed by atoms with Gasteiger partial charge in [0.25, 0.3) is 0 Å². The van der Waals surface area contributed by atoms with E-state index in [-0.39, 0.29) is 0 Å². The third kappa shape index (κ3) is 4.45. The van der Waals surface area contributed by atoms with Gasteiger partial charge in [-0.3, -0.25) is 0 Å². The van der Waals surface area contributed by atoms with Gasteiger partial charge in [-0.25, -0.2) is 9.59 Å². The summed E-state index contributed by atoms with van der Waals surface area (Å²) in [6.07, 6.45) is 0. The summed E-state index contributed by atoms with van der Waals surface area (Å²) in [6, 6.07) is 6.79. The summed E-state index contributed by atoms with van der Waals surface area (Å²) < 4.78 is 4.51. The molecule has 0 saturated heterocycles. The first-order chi connectivity index (χ1) is 8.52. The number of urea groups is 1. The highest BCUT2D eigenvalue weighted by molar-refractivity contribution is 5.83.